The van der Waals surface area contributed by atoms with E-state index in [9.17, 15) is 9.59 Å². The Kier molecular flexibility index (Phi) is 5.01. The standard InChI is InChI=1S/C18H18ClN3O2/c19-14-7-5-13(6-8-14)9-10-20-17(23)11-22-12-18(24)21-15-3-1-2-4-16(15)22/h1-8H,9-12H2,(H,20,23)(H,21,24). The number of benzene rings is 2. The third kappa shape index (κ3) is 4.06. The maximum atomic E-state index is 12.2. The lowest BCUT2D eigenvalue weighted by atomic mass is 10.1. The van der Waals surface area contributed by atoms with E-state index in [4.69, 9.17) is 11.6 Å². The Bertz CT molecular complexity index is 746. The van der Waals surface area contributed by atoms with E-state index >= 15 is 0 Å². The van der Waals surface area contributed by atoms with Gasteiger partial charge in [0.15, 0.2) is 0 Å². The molecule has 2 aromatic carbocycles. The third-order valence-corrected chi connectivity index (χ3v) is 4.09. The summed E-state index contributed by atoms with van der Waals surface area (Å²) in [4.78, 5) is 25.7. The summed E-state index contributed by atoms with van der Waals surface area (Å²) in [5.74, 6) is -0.212. The zero-order chi connectivity index (χ0) is 16.9. The Morgan fingerprint density at radius 1 is 1.17 bits per heavy atom. The lowest BCUT2D eigenvalue weighted by Crippen LogP contribution is -2.44. The van der Waals surface area contributed by atoms with Crippen molar-refractivity contribution in [3.63, 3.8) is 0 Å². The Morgan fingerprint density at radius 2 is 1.92 bits per heavy atom. The number of hydrogen-bond donors (Lipinski definition) is 2. The predicted octanol–water partition coefficient (Wildman–Crippen LogP) is 2.46. The summed E-state index contributed by atoms with van der Waals surface area (Å²) in [6.07, 6.45) is 0.736. The summed E-state index contributed by atoms with van der Waals surface area (Å²) in [6, 6.07) is 15.0. The van der Waals surface area contributed by atoms with Crippen molar-refractivity contribution in [3.8, 4) is 0 Å². The summed E-state index contributed by atoms with van der Waals surface area (Å²) >= 11 is 5.85. The van der Waals surface area contributed by atoms with Crippen LogP contribution in [0, 0.1) is 0 Å². The van der Waals surface area contributed by atoms with Gasteiger partial charge in [0.25, 0.3) is 0 Å². The van der Waals surface area contributed by atoms with Crippen LogP contribution >= 0.6 is 11.6 Å². The van der Waals surface area contributed by atoms with Crippen LogP contribution in [0.4, 0.5) is 11.4 Å². The van der Waals surface area contributed by atoms with E-state index in [1.165, 1.54) is 0 Å². The van der Waals surface area contributed by atoms with Crippen LogP contribution in [0.2, 0.25) is 5.02 Å². The monoisotopic (exact) mass is 343 g/mol. The molecule has 3 rings (SSSR count). The zero-order valence-electron chi connectivity index (χ0n) is 13.1. The van der Waals surface area contributed by atoms with E-state index in [1.54, 1.807) is 4.90 Å². The van der Waals surface area contributed by atoms with Gasteiger partial charge in [-0.1, -0.05) is 35.9 Å². The number of hydrogen-bond acceptors (Lipinski definition) is 3. The van der Waals surface area contributed by atoms with Crippen molar-refractivity contribution in [2.24, 2.45) is 0 Å². The summed E-state index contributed by atoms with van der Waals surface area (Å²) in [7, 11) is 0. The summed E-state index contributed by atoms with van der Waals surface area (Å²) < 4.78 is 0. The molecule has 5 nitrogen and oxygen atoms in total. The van der Waals surface area contributed by atoms with Crippen LogP contribution < -0.4 is 15.5 Å². The number of nitrogens with zero attached hydrogens (tertiary/aromatic N) is 1. The van der Waals surface area contributed by atoms with Gasteiger partial charge in [0.2, 0.25) is 11.8 Å². The molecular weight excluding hydrogens is 326 g/mol. The second kappa shape index (κ2) is 7.36. The highest BCUT2D eigenvalue weighted by molar-refractivity contribution is 6.30. The predicted molar refractivity (Wildman–Crippen MR) is 95.5 cm³/mol. The van der Waals surface area contributed by atoms with Gasteiger partial charge in [0.1, 0.15) is 0 Å². The first kappa shape index (κ1) is 16.3. The smallest absolute Gasteiger partial charge is 0.243 e. The molecule has 0 aliphatic carbocycles. The van der Waals surface area contributed by atoms with Gasteiger partial charge in [-0.2, -0.15) is 0 Å². The molecule has 2 aromatic rings. The van der Waals surface area contributed by atoms with Crippen molar-refractivity contribution >= 4 is 34.8 Å². The zero-order valence-corrected chi connectivity index (χ0v) is 13.8. The highest BCUT2D eigenvalue weighted by Gasteiger charge is 2.22. The topological polar surface area (TPSA) is 61.4 Å². The van der Waals surface area contributed by atoms with Crippen LogP contribution in [0.3, 0.4) is 0 Å². The van der Waals surface area contributed by atoms with E-state index in [2.05, 4.69) is 10.6 Å². The minimum Gasteiger partial charge on any atom is -0.354 e. The summed E-state index contributed by atoms with van der Waals surface area (Å²) in [5, 5.41) is 6.40. The molecule has 0 spiro atoms. The first-order valence-electron chi connectivity index (χ1n) is 7.77. The number of halogens is 1. The SMILES string of the molecule is O=C(CN1CC(=O)Nc2ccccc21)NCCc1ccc(Cl)cc1. The van der Waals surface area contributed by atoms with Gasteiger partial charge in [-0.05, 0) is 36.2 Å². The van der Waals surface area contributed by atoms with Gasteiger partial charge in [0, 0.05) is 11.6 Å². The molecule has 0 saturated heterocycles. The van der Waals surface area contributed by atoms with E-state index in [-0.39, 0.29) is 24.9 Å². The molecule has 1 aliphatic rings. The first-order chi connectivity index (χ1) is 11.6. The molecule has 2 amide bonds. The molecule has 1 aliphatic heterocycles. The Balaban J connectivity index is 1.53. The number of para-hydroxylation sites is 2. The molecule has 0 unspecified atom stereocenters. The maximum Gasteiger partial charge on any atom is 0.243 e. The lowest BCUT2D eigenvalue weighted by Gasteiger charge is -2.30. The van der Waals surface area contributed by atoms with Crippen molar-refractivity contribution in [2.45, 2.75) is 6.42 Å². The minimum absolute atomic E-state index is 0.103. The molecule has 1 heterocycles. The average Bonchev–Trinajstić information content (AvgIpc) is 2.56. The van der Waals surface area contributed by atoms with Gasteiger partial charge in [-0.15, -0.1) is 0 Å². The van der Waals surface area contributed by atoms with Crippen LogP contribution in [0.1, 0.15) is 5.56 Å². The van der Waals surface area contributed by atoms with Crippen LogP contribution in [-0.2, 0) is 16.0 Å². The fourth-order valence-corrected chi connectivity index (χ4v) is 2.80. The molecule has 124 valence electrons. The fraction of sp³-hybridized carbons (Fsp3) is 0.222. The minimum atomic E-state index is -0.109. The summed E-state index contributed by atoms with van der Waals surface area (Å²) in [5.41, 5.74) is 2.72. The normalized spacial score (nSPS) is 13.2. The highest BCUT2D eigenvalue weighted by Crippen LogP contribution is 2.28. The second-order valence-corrected chi connectivity index (χ2v) is 6.08. The van der Waals surface area contributed by atoms with Gasteiger partial charge in [-0.25, -0.2) is 0 Å². The van der Waals surface area contributed by atoms with Gasteiger partial charge in [0.05, 0.1) is 24.5 Å². The van der Waals surface area contributed by atoms with Gasteiger partial charge < -0.3 is 15.5 Å². The van der Waals surface area contributed by atoms with Gasteiger partial charge >= 0.3 is 0 Å². The van der Waals surface area contributed by atoms with Crippen molar-refractivity contribution in [2.75, 3.05) is 29.9 Å². The second-order valence-electron chi connectivity index (χ2n) is 5.65. The number of nitrogens with one attached hydrogen (secondary N) is 2. The van der Waals surface area contributed by atoms with Crippen LogP contribution in [0.5, 0.6) is 0 Å². The number of anilines is 2. The maximum absolute atomic E-state index is 12.2. The van der Waals surface area contributed by atoms with Crippen LogP contribution in [0.25, 0.3) is 0 Å². The first-order valence-corrected chi connectivity index (χ1v) is 8.14. The largest absolute Gasteiger partial charge is 0.354 e. The van der Waals surface area contributed by atoms with Crippen LogP contribution in [-0.4, -0.2) is 31.4 Å². The van der Waals surface area contributed by atoms with Crippen molar-refractivity contribution in [1.82, 2.24) is 5.32 Å². The number of rotatable bonds is 5. The number of carbonyl (C=O) groups is 2. The van der Waals surface area contributed by atoms with E-state index in [0.29, 0.717) is 11.6 Å². The van der Waals surface area contributed by atoms with E-state index < -0.39 is 0 Å². The lowest BCUT2D eigenvalue weighted by molar-refractivity contribution is -0.119. The average molecular weight is 344 g/mol. The van der Waals surface area contributed by atoms with Crippen LogP contribution in [0.15, 0.2) is 48.5 Å². The molecule has 24 heavy (non-hydrogen) atoms. The van der Waals surface area contributed by atoms with E-state index in [0.717, 1.165) is 23.4 Å². The molecule has 0 fully saturated rings. The summed E-state index contributed by atoms with van der Waals surface area (Å²) in [6.45, 7) is 0.884. The number of carbonyl (C=O) groups excluding carboxylic acids is 2. The number of fused-ring (bicyclic) bond motifs is 1. The molecule has 0 atom stereocenters. The Hall–Kier alpha value is -2.53. The molecule has 6 heteroatoms. The molecule has 2 N–H and O–H groups in total. The quantitative estimate of drug-likeness (QED) is 0.876. The van der Waals surface area contributed by atoms with Crippen molar-refractivity contribution < 1.29 is 9.59 Å². The van der Waals surface area contributed by atoms with Gasteiger partial charge in [-0.3, -0.25) is 9.59 Å². The Labute approximate surface area is 145 Å². The molecule has 0 bridgehead atoms. The highest BCUT2D eigenvalue weighted by atomic mass is 35.5. The van der Waals surface area contributed by atoms with E-state index in [1.807, 2.05) is 48.5 Å². The third-order valence-electron chi connectivity index (χ3n) is 3.84. The molecular formula is C18H18ClN3O2. The molecule has 0 saturated carbocycles. The molecule has 0 radical (unpaired) electrons. The number of amides is 2. The fourth-order valence-electron chi connectivity index (χ4n) is 2.67. The van der Waals surface area contributed by atoms with Crippen molar-refractivity contribution in [1.29, 1.82) is 0 Å². The molecule has 0 aromatic heterocycles. The van der Waals surface area contributed by atoms with Crippen molar-refractivity contribution in [3.05, 3.63) is 59.1 Å². The Morgan fingerprint density at radius 3 is 2.71 bits per heavy atom.